The maximum atomic E-state index is 11.4. The number of esters is 1. The van der Waals surface area contributed by atoms with Gasteiger partial charge in [0, 0.05) is 0 Å². The average Bonchev–Trinajstić information content (AvgIpc) is 2.23. The second kappa shape index (κ2) is 5.47. The smallest absolute Gasteiger partial charge is 0.312 e. The largest absolute Gasteiger partial charge is 0.432 e. The first-order chi connectivity index (χ1) is 7.52. The zero-order chi connectivity index (χ0) is 12.1. The Labute approximate surface area is 95.4 Å². The summed E-state index contributed by atoms with van der Waals surface area (Å²) in [5, 5.41) is 9.07. The van der Waals surface area contributed by atoms with E-state index >= 15 is 0 Å². The lowest BCUT2D eigenvalue weighted by atomic mass is 10.0. The van der Waals surface area contributed by atoms with Crippen LogP contribution in [0.2, 0.25) is 0 Å². The van der Waals surface area contributed by atoms with E-state index < -0.39 is 12.3 Å². The highest BCUT2D eigenvalue weighted by molar-refractivity contribution is 5.73. The van der Waals surface area contributed by atoms with Crippen LogP contribution in [0.25, 0.3) is 0 Å². The van der Waals surface area contributed by atoms with Crippen molar-refractivity contribution in [2.45, 2.75) is 26.6 Å². The molecule has 0 saturated carbocycles. The molecule has 0 amide bonds. The number of ether oxygens (including phenoxy) is 1. The van der Waals surface area contributed by atoms with Crippen LogP contribution in [0, 0.1) is 13.8 Å². The number of rotatable bonds is 4. The van der Waals surface area contributed by atoms with E-state index in [2.05, 4.69) is 6.58 Å². The van der Waals surface area contributed by atoms with Crippen LogP contribution in [0.1, 0.15) is 16.7 Å². The van der Waals surface area contributed by atoms with Gasteiger partial charge in [-0.15, -0.1) is 0 Å². The summed E-state index contributed by atoms with van der Waals surface area (Å²) in [4.78, 5) is 11.4. The fourth-order valence-electron chi connectivity index (χ4n) is 1.37. The summed E-state index contributed by atoms with van der Waals surface area (Å²) in [5.41, 5.74) is 3.05. The van der Waals surface area contributed by atoms with Crippen molar-refractivity contribution in [3.05, 3.63) is 47.5 Å². The van der Waals surface area contributed by atoms with E-state index in [4.69, 9.17) is 9.84 Å². The van der Waals surface area contributed by atoms with Gasteiger partial charge in [0.25, 0.3) is 0 Å². The van der Waals surface area contributed by atoms with E-state index in [0.717, 1.165) is 16.7 Å². The Kier molecular flexibility index (Phi) is 4.26. The highest BCUT2D eigenvalue weighted by Crippen LogP contribution is 2.12. The Morgan fingerprint density at radius 2 is 2.25 bits per heavy atom. The van der Waals surface area contributed by atoms with Crippen molar-refractivity contribution in [1.82, 2.24) is 0 Å². The lowest BCUT2D eigenvalue weighted by Gasteiger charge is -2.09. The standard InChI is InChI=1S/C13H16O3/c1-4-12(14)16-13(15)8-11-7-9(2)5-6-10(11)3/h4-7,12,14H,1,8H2,2-3H3. The van der Waals surface area contributed by atoms with Gasteiger partial charge in [-0.3, -0.25) is 4.79 Å². The minimum Gasteiger partial charge on any atom is -0.432 e. The molecule has 0 aliphatic carbocycles. The van der Waals surface area contributed by atoms with Crippen LogP contribution < -0.4 is 0 Å². The predicted molar refractivity (Wildman–Crippen MR) is 61.9 cm³/mol. The molecule has 0 aromatic heterocycles. The van der Waals surface area contributed by atoms with Gasteiger partial charge < -0.3 is 9.84 Å². The van der Waals surface area contributed by atoms with Gasteiger partial charge in [0.2, 0.25) is 6.29 Å². The summed E-state index contributed by atoms with van der Waals surface area (Å²) in [6, 6.07) is 5.89. The molecule has 0 spiro atoms. The molecule has 1 unspecified atom stereocenters. The van der Waals surface area contributed by atoms with Crippen LogP contribution in [0.15, 0.2) is 30.9 Å². The molecule has 0 saturated heterocycles. The molecule has 1 N–H and O–H groups in total. The second-order valence-corrected chi connectivity index (χ2v) is 3.72. The molecule has 1 rings (SSSR count). The van der Waals surface area contributed by atoms with Crippen molar-refractivity contribution < 1.29 is 14.6 Å². The molecule has 0 heterocycles. The molecule has 86 valence electrons. The van der Waals surface area contributed by atoms with E-state index in [0.29, 0.717) is 0 Å². The van der Waals surface area contributed by atoms with E-state index in [1.54, 1.807) is 0 Å². The van der Waals surface area contributed by atoms with Crippen molar-refractivity contribution in [2.75, 3.05) is 0 Å². The lowest BCUT2D eigenvalue weighted by Crippen LogP contribution is -2.17. The van der Waals surface area contributed by atoms with Gasteiger partial charge in [0.1, 0.15) is 0 Å². The Morgan fingerprint density at radius 1 is 1.56 bits per heavy atom. The molecule has 16 heavy (non-hydrogen) atoms. The number of carbonyl (C=O) groups excluding carboxylic acids is 1. The van der Waals surface area contributed by atoms with Crippen molar-refractivity contribution in [3.8, 4) is 0 Å². The summed E-state index contributed by atoms with van der Waals surface area (Å²) in [5.74, 6) is -0.457. The Bertz CT molecular complexity index is 396. The Hall–Kier alpha value is -1.61. The third-order valence-electron chi connectivity index (χ3n) is 2.29. The number of hydrogen-bond acceptors (Lipinski definition) is 3. The SMILES string of the molecule is C=CC(O)OC(=O)Cc1cc(C)ccc1C. The van der Waals surface area contributed by atoms with Crippen molar-refractivity contribution in [1.29, 1.82) is 0 Å². The predicted octanol–water partition coefficient (Wildman–Crippen LogP) is 1.89. The molecule has 1 aromatic rings. The number of aryl methyl sites for hydroxylation is 2. The van der Waals surface area contributed by atoms with Crippen molar-refractivity contribution >= 4 is 5.97 Å². The van der Waals surface area contributed by atoms with Gasteiger partial charge in [-0.05, 0) is 31.1 Å². The van der Waals surface area contributed by atoms with Gasteiger partial charge in [0.05, 0.1) is 6.42 Å². The number of aliphatic hydroxyl groups is 1. The van der Waals surface area contributed by atoms with E-state index in [9.17, 15) is 4.79 Å². The zero-order valence-electron chi connectivity index (χ0n) is 9.56. The summed E-state index contributed by atoms with van der Waals surface area (Å²) < 4.78 is 4.70. The molecule has 0 radical (unpaired) electrons. The molecule has 3 heteroatoms. The lowest BCUT2D eigenvalue weighted by molar-refractivity contribution is -0.159. The molecule has 0 aliphatic heterocycles. The quantitative estimate of drug-likeness (QED) is 0.479. The zero-order valence-corrected chi connectivity index (χ0v) is 9.56. The van der Waals surface area contributed by atoms with Crippen LogP contribution in [-0.2, 0) is 16.0 Å². The molecule has 0 fully saturated rings. The summed E-state index contributed by atoms with van der Waals surface area (Å²) in [6.07, 6.45) is 0.108. The van der Waals surface area contributed by atoms with Crippen LogP contribution in [0.3, 0.4) is 0 Å². The van der Waals surface area contributed by atoms with Gasteiger partial charge in [-0.25, -0.2) is 0 Å². The average molecular weight is 220 g/mol. The molecular formula is C13H16O3. The summed E-state index contributed by atoms with van der Waals surface area (Å²) >= 11 is 0. The third kappa shape index (κ3) is 3.51. The van der Waals surface area contributed by atoms with Gasteiger partial charge in [-0.2, -0.15) is 0 Å². The first kappa shape index (κ1) is 12.5. The minimum atomic E-state index is -1.22. The molecular weight excluding hydrogens is 204 g/mol. The van der Waals surface area contributed by atoms with Crippen LogP contribution in [-0.4, -0.2) is 17.4 Å². The van der Waals surface area contributed by atoms with E-state index in [-0.39, 0.29) is 6.42 Å². The molecule has 0 bridgehead atoms. The van der Waals surface area contributed by atoms with Gasteiger partial charge in [0.15, 0.2) is 0 Å². The first-order valence-corrected chi connectivity index (χ1v) is 5.09. The second-order valence-electron chi connectivity index (χ2n) is 3.72. The highest BCUT2D eigenvalue weighted by atomic mass is 16.6. The number of carbonyl (C=O) groups is 1. The Balaban J connectivity index is 2.69. The number of aliphatic hydroxyl groups excluding tert-OH is 1. The fraction of sp³-hybridized carbons (Fsp3) is 0.308. The minimum absolute atomic E-state index is 0.165. The fourth-order valence-corrected chi connectivity index (χ4v) is 1.37. The normalized spacial score (nSPS) is 11.9. The Morgan fingerprint density at radius 3 is 2.88 bits per heavy atom. The maximum absolute atomic E-state index is 11.4. The third-order valence-corrected chi connectivity index (χ3v) is 2.29. The first-order valence-electron chi connectivity index (χ1n) is 5.09. The van der Waals surface area contributed by atoms with Crippen molar-refractivity contribution in [3.63, 3.8) is 0 Å². The summed E-state index contributed by atoms with van der Waals surface area (Å²) in [6.45, 7) is 7.23. The monoisotopic (exact) mass is 220 g/mol. The van der Waals surface area contributed by atoms with Crippen LogP contribution in [0.4, 0.5) is 0 Å². The highest BCUT2D eigenvalue weighted by Gasteiger charge is 2.10. The number of hydrogen-bond donors (Lipinski definition) is 1. The summed E-state index contributed by atoms with van der Waals surface area (Å²) in [7, 11) is 0. The van der Waals surface area contributed by atoms with Crippen LogP contribution >= 0.6 is 0 Å². The molecule has 0 aliphatic rings. The molecule has 1 atom stereocenters. The molecule has 1 aromatic carbocycles. The maximum Gasteiger partial charge on any atom is 0.312 e. The van der Waals surface area contributed by atoms with E-state index in [1.807, 2.05) is 32.0 Å². The molecule has 3 nitrogen and oxygen atoms in total. The van der Waals surface area contributed by atoms with Crippen molar-refractivity contribution in [2.24, 2.45) is 0 Å². The van der Waals surface area contributed by atoms with Gasteiger partial charge in [-0.1, -0.05) is 30.3 Å². The van der Waals surface area contributed by atoms with Gasteiger partial charge >= 0.3 is 5.97 Å². The topological polar surface area (TPSA) is 46.5 Å². The van der Waals surface area contributed by atoms with E-state index in [1.165, 1.54) is 6.08 Å². The number of benzene rings is 1. The van der Waals surface area contributed by atoms with Crippen LogP contribution in [0.5, 0.6) is 0 Å².